The maximum atomic E-state index is 11.8. The first kappa shape index (κ1) is 22.3. The molecule has 4 nitrogen and oxygen atoms in total. The van der Waals surface area contributed by atoms with Crippen molar-refractivity contribution in [3.63, 3.8) is 0 Å². The Morgan fingerprint density at radius 1 is 0.727 bits per heavy atom. The Balaban J connectivity index is 1.60. The third-order valence-corrected chi connectivity index (χ3v) is 5.75. The fourth-order valence-electron chi connectivity index (χ4n) is 3.94. The monoisotopic (exact) mass is 438 g/mol. The van der Waals surface area contributed by atoms with Crippen molar-refractivity contribution in [3.05, 3.63) is 95.6 Å². The molecule has 0 spiro atoms. The van der Waals surface area contributed by atoms with Crippen molar-refractivity contribution < 1.29 is 19.1 Å². The summed E-state index contributed by atoms with van der Waals surface area (Å²) in [7, 11) is 0. The molecular formula is C29H26O4. The van der Waals surface area contributed by atoms with E-state index in [0.29, 0.717) is 22.6 Å². The van der Waals surface area contributed by atoms with E-state index < -0.39 is 11.9 Å². The summed E-state index contributed by atoms with van der Waals surface area (Å²) in [5.41, 5.74) is 8.63. The summed E-state index contributed by atoms with van der Waals surface area (Å²) in [6.07, 6.45) is 1.78. The lowest BCUT2D eigenvalue weighted by Crippen LogP contribution is -2.10. The number of esters is 2. The topological polar surface area (TPSA) is 52.6 Å². The Hall–Kier alpha value is -3.92. The van der Waals surface area contributed by atoms with E-state index in [1.807, 2.05) is 43.3 Å². The van der Waals surface area contributed by atoms with E-state index in [0.717, 1.165) is 35.1 Å². The SMILES string of the molecule is C=C(C)C(=O)Oc1ccc2c(c1)CCc1cc(-c3ccc(OC(=O)C(=C)C)c(C)c3)ccc1-2. The second-order valence-electron chi connectivity index (χ2n) is 8.51. The average molecular weight is 439 g/mol. The van der Waals surface area contributed by atoms with E-state index in [1.54, 1.807) is 13.8 Å². The van der Waals surface area contributed by atoms with Crippen LogP contribution in [0.5, 0.6) is 11.5 Å². The predicted octanol–water partition coefficient (Wildman–Crippen LogP) is 6.39. The van der Waals surface area contributed by atoms with Gasteiger partial charge in [0.1, 0.15) is 11.5 Å². The van der Waals surface area contributed by atoms with Gasteiger partial charge in [0, 0.05) is 11.1 Å². The number of hydrogen-bond acceptors (Lipinski definition) is 4. The van der Waals surface area contributed by atoms with Gasteiger partial charge in [-0.2, -0.15) is 0 Å². The molecule has 0 aliphatic heterocycles. The lowest BCUT2D eigenvalue weighted by atomic mass is 9.84. The number of benzene rings is 3. The van der Waals surface area contributed by atoms with Crippen molar-refractivity contribution in [2.75, 3.05) is 0 Å². The number of ether oxygens (including phenoxy) is 2. The van der Waals surface area contributed by atoms with Crippen LogP contribution in [0.25, 0.3) is 22.3 Å². The molecule has 0 amide bonds. The average Bonchev–Trinajstić information content (AvgIpc) is 2.79. The number of rotatable bonds is 5. The molecular weight excluding hydrogens is 412 g/mol. The van der Waals surface area contributed by atoms with E-state index in [9.17, 15) is 9.59 Å². The van der Waals surface area contributed by atoms with Crippen LogP contribution >= 0.6 is 0 Å². The Morgan fingerprint density at radius 2 is 1.27 bits per heavy atom. The molecule has 4 rings (SSSR count). The van der Waals surface area contributed by atoms with Crippen molar-refractivity contribution in [3.8, 4) is 33.8 Å². The molecule has 0 bridgehead atoms. The molecule has 1 aliphatic carbocycles. The predicted molar refractivity (Wildman–Crippen MR) is 130 cm³/mol. The van der Waals surface area contributed by atoms with E-state index in [-0.39, 0.29) is 0 Å². The molecule has 0 fully saturated rings. The minimum Gasteiger partial charge on any atom is -0.423 e. The highest BCUT2D eigenvalue weighted by atomic mass is 16.5. The summed E-state index contributed by atoms with van der Waals surface area (Å²) in [4.78, 5) is 23.7. The van der Waals surface area contributed by atoms with Gasteiger partial charge in [-0.25, -0.2) is 9.59 Å². The smallest absolute Gasteiger partial charge is 0.338 e. The first-order valence-corrected chi connectivity index (χ1v) is 10.9. The fourth-order valence-corrected chi connectivity index (χ4v) is 3.94. The van der Waals surface area contributed by atoms with E-state index in [2.05, 4.69) is 31.4 Å². The standard InChI is InChI=1S/C29H26O4/c1-17(2)28(30)32-24-10-12-26-23(16-24)7-6-22-15-21(8-11-25(22)26)20-9-13-27(19(5)14-20)33-29(31)18(3)4/h8-16H,1,3,6-7H2,2,4-5H3. The van der Waals surface area contributed by atoms with E-state index in [4.69, 9.17) is 9.47 Å². The number of carbonyl (C=O) groups is 2. The van der Waals surface area contributed by atoms with Crippen LogP contribution in [-0.2, 0) is 22.4 Å². The lowest BCUT2D eigenvalue weighted by Gasteiger charge is -2.21. The van der Waals surface area contributed by atoms with Gasteiger partial charge < -0.3 is 9.47 Å². The van der Waals surface area contributed by atoms with Crippen LogP contribution in [0.1, 0.15) is 30.5 Å². The molecule has 0 saturated heterocycles. The molecule has 1 aliphatic rings. The maximum Gasteiger partial charge on any atom is 0.338 e. The highest BCUT2D eigenvalue weighted by Crippen LogP contribution is 2.38. The molecule has 3 aromatic rings. The minimum absolute atomic E-state index is 0.370. The van der Waals surface area contributed by atoms with Crippen molar-refractivity contribution in [1.82, 2.24) is 0 Å². The van der Waals surface area contributed by atoms with E-state index >= 15 is 0 Å². The number of aryl methyl sites for hydroxylation is 3. The Morgan fingerprint density at radius 3 is 1.91 bits per heavy atom. The van der Waals surface area contributed by atoms with Crippen LogP contribution in [0.4, 0.5) is 0 Å². The summed E-state index contributed by atoms with van der Waals surface area (Å²) < 4.78 is 10.8. The van der Waals surface area contributed by atoms with Crippen LogP contribution in [0.3, 0.4) is 0 Å². The van der Waals surface area contributed by atoms with Gasteiger partial charge in [0.25, 0.3) is 0 Å². The number of fused-ring (bicyclic) bond motifs is 3. The first-order valence-electron chi connectivity index (χ1n) is 10.9. The molecule has 0 aromatic heterocycles. The van der Waals surface area contributed by atoms with Gasteiger partial charge in [0.2, 0.25) is 0 Å². The highest BCUT2D eigenvalue weighted by molar-refractivity contribution is 5.89. The van der Waals surface area contributed by atoms with Crippen LogP contribution in [0.15, 0.2) is 78.9 Å². The Kier molecular flexibility index (Phi) is 6.01. The molecule has 4 heteroatoms. The lowest BCUT2D eigenvalue weighted by molar-refractivity contribution is -0.131. The highest BCUT2D eigenvalue weighted by Gasteiger charge is 2.18. The third-order valence-electron chi connectivity index (χ3n) is 5.75. The molecule has 0 radical (unpaired) electrons. The second-order valence-corrected chi connectivity index (χ2v) is 8.51. The Labute approximate surface area is 194 Å². The van der Waals surface area contributed by atoms with Crippen LogP contribution < -0.4 is 9.47 Å². The van der Waals surface area contributed by atoms with Gasteiger partial charge in [-0.15, -0.1) is 0 Å². The number of hydrogen-bond donors (Lipinski definition) is 0. The van der Waals surface area contributed by atoms with Crippen molar-refractivity contribution in [1.29, 1.82) is 0 Å². The molecule has 166 valence electrons. The quantitative estimate of drug-likeness (QED) is 0.263. The van der Waals surface area contributed by atoms with Crippen LogP contribution in [-0.4, -0.2) is 11.9 Å². The molecule has 0 N–H and O–H groups in total. The van der Waals surface area contributed by atoms with E-state index in [1.165, 1.54) is 16.7 Å². The van der Waals surface area contributed by atoms with Gasteiger partial charge in [0.15, 0.2) is 0 Å². The second kappa shape index (κ2) is 8.91. The normalized spacial score (nSPS) is 11.7. The Bertz CT molecular complexity index is 1310. The molecule has 0 heterocycles. The molecule has 3 aromatic carbocycles. The molecule has 0 unspecified atom stereocenters. The summed E-state index contributed by atoms with van der Waals surface area (Å²) in [6.45, 7) is 12.5. The summed E-state index contributed by atoms with van der Waals surface area (Å²) in [5.74, 6) is 0.258. The third kappa shape index (κ3) is 4.65. The van der Waals surface area contributed by atoms with Crippen molar-refractivity contribution >= 4 is 11.9 Å². The van der Waals surface area contributed by atoms with Gasteiger partial charge >= 0.3 is 11.9 Å². The largest absolute Gasteiger partial charge is 0.423 e. The van der Waals surface area contributed by atoms with Gasteiger partial charge in [-0.3, -0.25) is 0 Å². The van der Waals surface area contributed by atoms with Crippen molar-refractivity contribution in [2.24, 2.45) is 0 Å². The summed E-state index contributed by atoms with van der Waals surface area (Å²) in [5, 5.41) is 0. The summed E-state index contributed by atoms with van der Waals surface area (Å²) >= 11 is 0. The number of carbonyl (C=O) groups excluding carboxylic acids is 2. The molecule has 0 atom stereocenters. The zero-order valence-electron chi connectivity index (χ0n) is 19.2. The van der Waals surface area contributed by atoms with Crippen LogP contribution in [0.2, 0.25) is 0 Å². The zero-order chi connectivity index (χ0) is 23.7. The maximum absolute atomic E-state index is 11.8. The van der Waals surface area contributed by atoms with Crippen LogP contribution in [0, 0.1) is 6.92 Å². The molecule has 33 heavy (non-hydrogen) atoms. The molecule has 0 saturated carbocycles. The van der Waals surface area contributed by atoms with Crippen molar-refractivity contribution in [2.45, 2.75) is 33.6 Å². The summed E-state index contributed by atoms with van der Waals surface area (Å²) in [6, 6.07) is 18.1. The first-order chi connectivity index (χ1) is 15.7. The van der Waals surface area contributed by atoms with Gasteiger partial charge in [-0.05, 0) is 96.8 Å². The van der Waals surface area contributed by atoms with Gasteiger partial charge in [0.05, 0.1) is 0 Å². The minimum atomic E-state index is -0.421. The zero-order valence-corrected chi connectivity index (χ0v) is 19.2. The fraction of sp³-hybridized carbons (Fsp3) is 0.172. The van der Waals surface area contributed by atoms with Gasteiger partial charge in [-0.1, -0.05) is 43.5 Å².